The van der Waals surface area contributed by atoms with Gasteiger partial charge in [-0.3, -0.25) is 0 Å². The van der Waals surface area contributed by atoms with Gasteiger partial charge in [0.2, 0.25) is 0 Å². The SMILES string of the molecule is CC(C)(C)c1ccc(-c2cccc3c2c2cccc4c5c(-c6ccc(C(C)(C)C)cc6)cccc5n3c24)cc1. The molecule has 0 aliphatic rings. The van der Waals surface area contributed by atoms with Gasteiger partial charge in [0, 0.05) is 21.5 Å². The Labute approximate surface area is 231 Å². The van der Waals surface area contributed by atoms with Gasteiger partial charge in [0.1, 0.15) is 0 Å². The van der Waals surface area contributed by atoms with Crippen molar-refractivity contribution in [3.05, 3.63) is 114 Å². The molecule has 7 rings (SSSR count). The highest BCUT2D eigenvalue weighted by atomic mass is 14.9. The second-order valence-electron chi connectivity index (χ2n) is 13.1. The second-order valence-corrected chi connectivity index (χ2v) is 13.1. The Hall–Kier alpha value is -4.10. The smallest absolute Gasteiger partial charge is 0.0620 e. The first kappa shape index (κ1) is 24.0. The number of benzene rings is 5. The Bertz CT molecular complexity index is 1840. The van der Waals surface area contributed by atoms with E-state index in [9.17, 15) is 0 Å². The lowest BCUT2D eigenvalue weighted by molar-refractivity contribution is 0.590. The lowest BCUT2D eigenvalue weighted by Crippen LogP contribution is -2.10. The number of rotatable bonds is 2. The van der Waals surface area contributed by atoms with Gasteiger partial charge in [0.25, 0.3) is 0 Å². The maximum Gasteiger partial charge on any atom is 0.0620 e. The molecule has 0 saturated heterocycles. The molecule has 1 nitrogen and oxygen atoms in total. The average Bonchev–Trinajstić information content (AvgIpc) is 3.45. The van der Waals surface area contributed by atoms with E-state index in [4.69, 9.17) is 0 Å². The largest absolute Gasteiger partial charge is 0.308 e. The zero-order valence-corrected chi connectivity index (χ0v) is 23.8. The van der Waals surface area contributed by atoms with Crippen molar-refractivity contribution in [3.63, 3.8) is 0 Å². The van der Waals surface area contributed by atoms with E-state index in [-0.39, 0.29) is 10.8 Å². The number of nitrogens with zero attached hydrogens (tertiary/aromatic N) is 1. The molecule has 0 bridgehead atoms. The summed E-state index contributed by atoms with van der Waals surface area (Å²) < 4.78 is 2.50. The van der Waals surface area contributed by atoms with Crippen molar-refractivity contribution in [3.8, 4) is 22.3 Å². The van der Waals surface area contributed by atoms with E-state index in [2.05, 4.69) is 149 Å². The minimum atomic E-state index is 0.144. The Balaban J connectivity index is 1.50. The summed E-state index contributed by atoms with van der Waals surface area (Å²) in [5.74, 6) is 0. The fraction of sp³-hybridized carbons (Fsp3) is 0.211. The number of hydrogen-bond donors (Lipinski definition) is 0. The molecule has 5 aromatic carbocycles. The van der Waals surface area contributed by atoms with E-state index in [1.165, 1.54) is 71.5 Å². The van der Waals surface area contributed by atoms with Crippen molar-refractivity contribution in [2.45, 2.75) is 52.4 Å². The molecule has 0 aliphatic heterocycles. The minimum Gasteiger partial charge on any atom is -0.308 e. The molecule has 0 spiro atoms. The summed E-state index contributed by atoms with van der Waals surface area (Å²) in [4.78, 5) is 0. The van der Waals surface area contributed by atoms with Crippen LogP contribution in [0.15, 0.2) is 103 Å². The Kier molecular flexibility index (Phi) is 5.04. The van der Waals surface area contributed by atoms with Crippen LogP contribution in [0.5, 0.6) is 0 Å². The molecule has 0 unspecified atom stereocenters. The average molecular weight is 506 g/mol. The van der Waals surface area contributed by atoms with Crippen LogP contribution in [0.2, 0.25) is 0 Å². The van der Waals surface area contributed by atoms with Gasteiger partial charge in [-0.15, -0.1) is 0 Å². The van der Waals surface area contributed by atoms with Crippen LogP contribution in [0.3, 0.4) is 0 Å². The molecule has 1 heteroatoms. The monoisotopic (exact) mass is 505 g/mol. The van der Waals surface area contributed by atoms with E-state index in [1.54, 1.807) is 0 Å². The van der Waals surface area contributed by atoms with Crippen LogP contribution in [-0.2, 0) is 10.8 Å². The number of para-hydroxylation sites is 1. The molecule has 39 heavy (non-hydrogen) atoms. The van der Waals surface area contributed by atoms with Crippen LogP contribution >= 0.6 is 0 Å². The molecule has 0 N–H and O–H groups in total. The standard InChI is InChI=1S/C38H35N/c1-37(2,3)26-20-16-24(17-21-26)28-10-8-14-32-34(28)30-12-7-13-31-35-29(11-9-15-33(35)39(32)36(30)31)25-18-22-27(23-19-25)38(4,5)6/h7-23H,1-6H3. The fourth-order valence-corrected chi connectivity index (χ4v) is 6.36. The van der Waals surface area contributed by atoms with Crippen LogP contribution in [0.4, 0.5) is 0 Å². The van der Waals surface area contributed by atoms with Crippen molar-refractivity contribution >= 4 is 38.1 Å². The molecule has 0 atom stereocenters. The molecule has 0 aliphatic carbocycles. The molecular formula is C38H35N. The molecule has 0 saturated carbocycles. The van der Waals surface area contributed by atoms with Crippen molar-refractivity contribution in [1.82, 2.24) is 4.40 Å². The number of aromatic nitrogens is 1. The summed E-state index contributed by atoms with van der Waals surface area (Å²) in [5.41, 5.74) is 12.0. The molecule has 7 aromatic rings. The Morgan fingerprint density at radius 1 is 0.436 bits per heavy atom. The van der Waals surface area contributed by atoms with E-state index < -0.39 is 0 Å². The third kappa shape index (κ3) is 3.60. The van der Waals surface area contributed by atoms with Gasteiger partial charge in [0.05, 0.1) is 16.6 Å². The normalized spacial score (nSPS) is 12.9. The van der Waals surface area contributed by atoms with Gasteiger partial charge in [-0.05, 0) is 56.3 Å². The minimum absolute atomic E-state index is 0.144. The van der Waals surface area contributed by atoms with Crippen LogP contribution < -0.4 is 0 Å². The Morgan fingerprint density at radius 2 is 0.821 bits per heavy atom. The van der Waals surface area contributed by atoms with Crippen LogP contribution in [0, 0.1) is 0 Å². The Morgan fingerprint density at radius 3 is 1.21 bits per heavy atom. The first-order chi connectivity index (χ1) is 18.6. The highest BCUT2D eigenvalue weighted by molar-refractivity contribution is 6.27. The van der Waals surface area contributed by atoms with Gasteiger partial charge in [-0.1, -0.05) is 133 Å². The lowest BCUT2D eigenvalue weighted by atomic mass is 9.86. The maximum absolute atomic E-state index is 2.50. The number of fused-ring (bicyclic) bond motifs is 6. The summed E-state index contributed by atoms with van der Waals surface area (Å²) in [7, 11) is 0. The molecule has 2 heterocycles. The van der Waals surface area contributed by atoms with Gasteiger partial charge < -0.3 is 4.40 Å². The van der Waals surface area contributed by atoms with Crippen LogP contribution in [-0.4, -0.2) is 4.40 Å². The van der Waals surface area contributed by atoms with Gasteiger partial charge in [-0.25, -0.2) is 0 Å². The molecule has 2 aromatic heterocycles. The first-order valence-electron chi connectivity index (χ1n) is 14.0. The molecule has 0 fully saturated rings. The van der Waals surface area contributed by atoms with Crippen molar-refractivity contribution < 1.29 is 0 Å². The third-order valence-corrected chi connectivity index (χ3v) is 8.49. The van der Waals surface area contributed by atoms with Crippen molar-refractivity contribution in [1.29, 1.82) is 0 Å². The predicted molar refractivity (Wildman–Crippen MR) is 169 cm³/mol. The van der Waals surface area contributed by atoms with Crippen molar-refractivity contribution in [2.24, 2.45) is 0 Å². The van der Waals surface area contributed by atoms with Gasteiger partial charge in [-0.2, -0.15) is 0 Å². The lowest BCUT2D eigenvalue weighted by Gasteiger charge is -2.19. The maximum atomic E-state index is 2.50. The summed E-state index contributed by atoms with van der Waals surface area (Å²) in [5, 5.41) is 5.32. The second kappa shape index (κ2) is 8.20. The summed E-state index contributed by atoms with van der Waals surface area (Å²) in [6.45, 7) is 13.6. The summed E-state index contributed by atoms with van der Waals surface area (Å²) >= 11 is 0. The van der Waals surface area contributed by atoms with E-state index in [0.29, 0.717) is 0 Å². The number of hydrogen-bond acceptors (Lipinski definition) is 0. The quantitative estimate of drug-likeness (QED) is 0.220. The first-order valence-corrected chi connectivity index (χ1v) is 14.0. The predicted octanol–water partition coefficient (Wildman–Crippen LogP) is 10.8. The zero-order chi connectivity index (χ0) is 27.1. The van der Waals surface area contributed by atoms with Gasteiger partial charge >= 0.3 is 0 Å². The highest BCUT2D eigenvalue weighted by Crippen LogP contribution is 2.45. The molecule has 192 valence electrons. The molecular weight excluding hydrogens is 470 g/mol. The van der Waals surface area contributed by atoms with E-state index in [0.717, 1.165) is 0 Å². The van der Waals surface area contributed by atoms with Crippen LogP contribution in [0.25, 0.3) is 60.3 Å². The van der Waals surface area contributed by atoms with Crippen molar-refractivity contribution in [2.75, 3.05) is 0 Å². The zero-order valence-electron chi connectivity index (χ0n) is 23.8. The van der Waals surface area contributed by atoms with E-state index >= 15 is 0 Å². The van der Waals surface area contributed by atoms with Crippen LogP contribution in [0.1, 0.15) is 52.7 Å². The highest BCUT2D eigenvalue weighted by Gasteiger charge is 2.22. The van der Waals surface area contributed by atoms with E-state index in [1.807, 2.05) is 0 Å². The topological polar surface area (TPSA) is 4.41 Å². The third-order valence-electron chi connectivity index (χ3n) is 8.49. The summed E-state index contributed by atoms with van der Waals surface area (Å²) in [6.07, 6.45) is 0. The van der Waals surface area contributed by atoms with Gasteiger partial charge in [0.15, 0.2) is 0 Å². The fourth-order valence-electron chi connectivity index (χ4n) is 6.36. The molecule has 0 radical (unpaired) electrons. The molecule has 0 amide bonds. The summed E-state index contributed by atoms with van der Waals surface area (Å²) in [6, 6.07) is 38.7.